The standard InChI is InChI=1S/C14H20N2/c1-2-12(1)14(13-3-4-13)16-10-7-11-5-8-15-9-6-11/h5-6,8-9,12-14,16H,1-4,7,10H2. The molecular formula is C14H20N2. The zero-order valence-electron chi connectivity index (χ0n) is 9.73. The molecule has 3 rings (SSSR count). The van der Waals surface area contributed by atoms with E-state index >= 15 is 0 Å². The van der Waals surface area contributed by atoms with Crippen molar-refractivity contribution in [2.75, 3.05) is 6.54 Å². The quantitative estimate of drug-likeness (QED) is 0.790. The van der Waals surface area contributed by atoms with Gasteiger partial charge in [-0.25, -0.2) is 0 Å². The Bertz CT molecular complexity index is 316. The summed E-state index contributed by atoms with van der Waals surface area (Å²) in [5, 5.41) is 3.77. The molecule has 0 aliphatic heterocycles. The van der Waals surface area contributed by atoms with Crippen molar-refractivity contribution in [2.24, 2.45) is 11.8 Å². The minimum atomic E-state index is 0.835. The Morgan fingerprint density at radius 3 is 2.31 bits per heavy atom. The van der Waals surface area contributed by atoms with Crippen LogP contribution in [-0.4, -0.2) is 17.6 Å². The lowest BCUT2D eigenvalue weighted by Crippen LogP contribution is -2.34. The Morgan fingerprint density at radius 1 is 1.12 bits per heavy atom. The van der Waals surface area contributed by atoms with E-state index in [2.05, 4.69) is 22.4 Å². The number of pyridine rings is 1. The van der Waals surface area contributed by atoms with Crippen LogP contribution in [0.25, 0.3) is 0 Å². The summed E-state index contributed by atoms with van der Waals surface area (Å²) in [7, 11) is 0. The number of aromatic nitrogens is 1. The molecule has 2 saturated carbocycles. The molecule has 1 N–H and O–H groups in total. The maximum Gasteiger partial charge on any atom is 0.0270 e. The predicted molar refractivity (Wildman–Crippen MR) is 65.2 cm³/mol. The van der Waals surface area contributed by atoms with E-state index in [0.717, 1.165) is 30.8 Å². The third kappa shape index (κ3) is 2.62. The summed E-state index contributed by atoms with van der Waals surface area (Å²) in [6.45, 7) is 1.13. The van der Waals surface area contributed by atoms with E-state index < -0.39 is 0 Å². The van der Waals surface area contributed by atoms with Gasteiger partial charge in [-0.1, -0.05) is 0 Å². The maximum absolute atomic E-state index is 4.04. The van der Waals surface area contributed by atoms with Crippen LogP contribution in [0.3, 0.4) is 0 Å². The van der Waals surface area contributed by atoms with Gasteiger partial charge in [0.25, 0.3) is 0 Å². The first-order valence-electron chi connectivity index (χ1n) is 6.56. The molecule has 1 heterocycles. The van der Waals surface area contributed by atoms with E-state index in [1.807, 2.05) is 12.4 Å². The van der Waals surface area contributed by atoms with E-state index in [-0.39, 0.29) is 0 Å². The number of nitrogens with one attached hydrogen (secondary N) is 1. The largest absolute Gasteiger partial charge is 0.313 e. The lowest BCUT2D eigenvalue weighted by Gasteiger charge is -2.17. The highest BCUT2D eigenvalue weighted by atomic mass is 14.9. The van der Waals surface area contributed by atoms with Gasteiger partial charge in [0, 0.05) is 18.4 Å². The third-order valence-electron chi connectivity index (χ3n) is 3.80. The summed E-state index contributed by atoms with van der Waals surface area (Å²) in [4.78, 5) is 4.04. The molecule has 86 valence electrons. The lowest BCUT2D eigenvalue weighted by atomic mass is 10.1. The number of hydrogen-bond donors (Lipinski definition) is 1. The highest BCUT2D eigenvalue weighted by Crippen LogP contribution is 2.44. The molecule has 0 aromatic carbocycles. The van der Waals surface area contributed by atoms with Crippen molar-refractivity contribution in [2.45, 2.75) is 38.1 Å². The van der Waals surface area contributed by atoms with Crippen molar-refractivity contribution in [3.8, 4) is 0 Å². The summed E-state index contributed by atoms with van der Waals surface area (Å²) >= 11 is 0. The topological polar surface area (TPSA) is 24.9 Å². The molecule has 0 saturated heterocycles. The molecule has 0 amide bonds. The minimum absolute atomic E-state index is 0.835. The Morgan fingerprint density at radius 2 is 1.75 bits per heavy atom. The van der Waals surface area contributed by atoms with Gasteiger partial charge in [-0.2, -0.15) is 0 Å². The van der Waals surface area contributed by atoms with Crippen LogP contribution in [0.1, 0.15) is 31.2 Å². The highest BCUT2D eigenvalue weighted by molar-refractivity contribution is 5.10. The van der Waals surface area contributed by atoms with E-state index in [9.17, 15) is 0 Å². The average molecular weight is 216 g/mol. The number of hydrogen-bond acceptors (Lipinski definition) is 2. The van der Waals surface area contributed by atoms with Gasteiger partial charge >= 0.3 is 0 Å². The Labute approximate surface area is 97.5 Å². The second kappa shape index (κ2) is 4.54. The third-order valence-corrected chi connectivity index (χ3v) is 3.80. The molecule has 2 heteroatoms. The fourth-order valence-electron chi connectivity index (χ4n) is 2.56. The fourth-order valence-corrected chi connectivity index (χ4v) is 2.56. The minimum Gasteiger partial charge on any atom is -0.313 e. The first kappa shape index (κ1) is 10.3. The SMILES string of the molecule is c1cc(CCNC(C2CC2)C2CC2)ccn1. The summed E-state index contributed by atoms with van der Waals surface area (Å²) in [6, 6.07) is 5.07. The summed E-state index contributed by atoms with van der Waals surface area (Å²) in [5.41, 5.74) is 1.40. The Kier molecular flexibility index (Phi) is 2.92. The van der Waals surface area contributed by atoms with Gasteiger partial charge in [-0.05, 0) is 68.2 Å². The van der Waals surface area contributed by atoms with Crippen LogP contribution in [0.5, 0.6) is 0 Å². The number of rotatable bonds is 6. The molecule has 2 aliphatic rings. The Hall–Kier alpha value is -0.890. The van der Waals surface area contributed by atoms with Crippen LogP contribution in [0.2, 0.25) is 0 Å². The van der Waals surface area contributed by atoms with Crippen molar-refractivity contribution in [1.82, 2.24) is 10.3 Å². The molecular weight excluding hydrogens is 196 g/mol. The van der Waals surface area contributed by atoms with Crippen molar-refractivity contribution in [3.63, 3.8) is 0 Å². The molecule has 0 atom stereocenters. The van der Waals surface area contributed by atoms with E-state index in [4.69, 9.17) is 0 Å². The summed E-state index contributed by atoms with van der Waals surface area (Å²) in [5.74, 6) is 2.01. The van der Waals surface area contributed by atoms with Crippen molar-refractivity contribution in [3.05, 3.63) is 30.1 Å². The average Bonchev–Trinajstić information content (AvgIpc) is 3.17. The van der Waals surface area contributed by atoms with Gasteiger partial charge in [0.05, 0.1) is 0 Å². The zero-order chi connectivity index (χ0) is 10.8. The van der Waals surface area contributed by atoms with Crippen LogP contribution in [0.4, 0.5) is 0 Å². The van der Waals surface area contributed by atoms with Crippen molar-refractivity contribution >= 4 is 0 Å². The normalized spacial score (nSPS) is 20.3. The molecule has 0 radical (unpaired) electrons. The van der Waals surface area contributed by atoms with E-state index in [1.165, 1.54) is 31.2 Å². The zero-order valence-corrected chi connectivity index (χ0v) is 9.73. The first-order valence-corrected chi connectivity index (χ1v) is 6.56. The molecule has 2 aliphatic carbocycles. The molecule has 0 spiro atoms. The second-order valence-electron chi connectivity index (χ2n) is 5.26. The van der Waals surface area contributed by atoms with Crippen LogP contribution >= 0.6 is 0 Å². The Balaban J connectivity index is 1.45. The summed E-state index contributed by atoms with van der Waals surface area (Å²) in [6.07, 6.45) is 10.8. The summed E-state index contributed by atoms with van der Waals surface area (Å²) < 4.78 is 0. The molecule has 1 aromatic rings. The van der Waals surface area contributed by atoms with Crippen molar-refractivity contribution in [1.29, 1.82) is 0 Å². The van der Waals surface area contributed by atoms with Gasteiger partial charge in [0.2, 0.25) is 0 Å². The predicted octanol–water partition coefficient (Wildman–Crippen LogP) is 2.40. The van der Waals surface area contributed by atoms with Crippen LogP contribution in [0.15, 0.2) is 24.5 Å². The molecule has 16 heavy (non-hydrogen) atoms. The fraction of sp³-hybridized carbons (Fsp3) is 0.643. The van der Waals surface area contributed by atoms with Crippen LogP contribution < -0.4 is 5.32 Å². The maximum atomic E-state index is 4.04. The van der Waals surface area contributed by atoms with Crippen LogP contribution in [-0.2, 0) is 6.42 Å². The smallest absolute Gasteiger partial charge is 0.0270 e. The molecule has 0 bridgehead atoms. The molecule has 2 nitrogen and oxygen atoms in total. The van der Waals surface area contributed by atoms with Gasteiger partial charge < -0.3 is 5.32 Å². The number of nitrogens with zero attached hydrogens (tertiary/aromatic N) is 1. The monoisotopic (exact) mass is 216 g/mol. The van der Waals surface area contributed by atoms with E-state index in [0.29, 0.717) is 0 Å². The van der Waals surface area contributed by atoms with Crippen LogP contribution in [0, 0.1) is 11.8 Å². The van der Waals surface area contributed by atoms with Gasteiger partial charge in [0.15, 0.2) is 0 Å². The van der Waals surface area contributed by atoms with Gasteiger partial charge in [0.1, 0.15) is 0 Å². The first-order chi connectivity index (χ1) is 7.93. The molecule has 2 fully saturated rings. The molecule has 0 unspecified atom stereocenters. The second-order valence-corrected chi connectivity index (χ2v) is 5.26. The molecule has 1 aromatic heterocycles. The van der Waals surface area contributed by atoms with E-state index in [1.54, 1.807) is 0 Å². The van der Waals surface area contributed by atoms with Gasteiger partial charge in [-0.3, -0.25) is 4.98 Å². The van der Waals surface area contributed by atoms with Crippen molar-refractivity contribution < 1.29 is 0 Å². The lowest BCUT2D eigenvalue weighted by molar-refractivity contribution is 0.420. The highest BCUT2D eigenvalue weighted by Gasteiger charge is 2.40. The van der Waals surface area contributed by atoms with Gasteiger partial charge in [-0.15, -0.1) is 0 Å².